The van der Waals surface area contributed by atoms with Crippen molar-refractivity contribution in [2.75, 3.05) is 6.54 Å². The van der Waals surface area contributed by atoms with Gasteiger partial charge in [-0.2, -0.15) is 13.2 Å². The molecule has 2 aromatic heterocycles. The molecule has 5 nitrogen and oxygen atoms in total. The molecule has 0 saturated carbocycles. The van der Waals surface area contributed by atoms with Crippen molar-refractivity contribution < 1.29 is 18.0 Å². The second-order valence-electron chi connectivity index (χ2n) is 5.76. The average molecular weight is 358 g/mol. The molecule has 3 aromatic rings. The number of rotatable bonds is 4. The van der Waals surface area contributed by atoms with E-state index in [-0.39, 0.29) is 29.6 Å². The van der Waals surface area contributed by atoms with Gasteiger partial charge in [0.25, 0.3) is 0 Å². The molecular formula is C18H13F3N4O. The molecule has 132 valence electrons. The highest BCUT2D eigenvalue weighted by Crippen LogP contribution is 2.36. The van der Waals surface area contributed by atoms with Crippen LogP contribution in [0.2, 0.25) is 0 Å². The summed E-state index contributed by atoms with van der Waals surface area (Å²) in [6.45, 7) is 6.75. The minimum absolute atomic E-state index is 0.0146. The van der Waals surface area contributed by atoms with Crippen LogP contribution < -0.4 is 0 Å². The molecule has 0 N–H and O–H groups in total. The normalized spacial score (nSPS) is 11.5. The maximum absolute atomic E-state index is 13.4. The molecular weight excluding hydrogens is 345 g/mol. The highest BCUT2D eigenvalue weighted by Gasteiger charge is 2.34. The molecule has 26 heavy (non-hydrogen) atoms. The van der Waals surface area contributed by atoms with Gasteiger partial charge in [0.05, 0.1) is 35.0 Å². The number of halogens is 3. The van der Waals surface area contributed by atoms with Crippen LogP contribution >= 0.6 is 0 Å². The SMILES string of the molecule is [C-]#[N+]CCc1cc2c(C=O)cc(-c3cncn3C)nc2cc1C(F)(F)F. The van der Waals surface area contributed by atoms with Crippen molar-refractivity contribution in [1.29, 1.82) is 0 Å². The number of carbonyl (C=O) groups is 1. The Morgan fingerprint density at radius 2 is 2.08 bits per heavy atom. The first-order valence-electron chi connectivity index (χ1n) is 7.65. The summed E-state index contributed by atoms with van der Waals surface area (Å²) in [6, 6.07) is 3.78. The van der Waals surface area contributed by atoms with E-state index in [0.29, 0.717) is 23.1 Å². The van der Waals surface area contributed by atoms with E-state index in [9.17, 15) is 18.0 Å². The van der Waals surface area contributed by atoms with Gasteiger partial charge in [0, 0.05) is 24.4 Å². The highest BCUT2D eigenvalue weighted by molar-refractivity contribution is 5.98. The van der Waals surface area contributed by atoms with E-state index in [4.69, 9.17) is 6.57 Å². The molecule has 0 bridgehead atoms. The Labute approximate surface area is 146 Å². The molecule has 0 spiro atoms. The van der Waals surface area contributed by atoms with Crippen molar-refractivity contribution in [3.8, 4) is 11.4 Å². The molecule has 8 heteroatoms. The maximum Gasteiger partial charge on any atom is 0.416 e. The number of fused-ring (bicyclic) bond motifs is 1. The highest BCUT2D eigenvalue weighted by atomic mass is 19.4. The van der Waals surface area contributed by atoms with Gasteiger partial charge in [-0.05, 0) is 23.8 Å². The zero-order chi connectivity index (χ0) is 18.9. The van der Waals surface area contributed by atoms with Crippen LogP contribution in [0.15, 0.2) is 30.7 Å². The van der Waals surface area contributed by atoms with Gasteiger partial charge < -0.3 is 9.41 Å². The summed E-state index contributed by atoms with van der Waals surface area (Å²) >= 11 is 0. The Bertz CT molecular complexity index is 1030. The number of alkyl halides is 3. The Morgan fingerprint density at radius 3 is 2.65 bits per heavy atom. The number of hydrogen-bond donors (Lipinski definition) is 0. The monoisotopic (exact) mass is 358 g/mol. The fourth-order valence-electron chi connectivity index (χ4n) is 2.82. The minimum Gasteiger partial charge on any atom is -0.332 e. The summed E-state index contributed by atoms with van der Waals surface area (Å²) in [7, 11) is 1.73. The molecule has 0 radical (unpaired) electrons. The number of aldehydes is 1. The van der Waals surface area contributed by atoms with E-state index in [2.05, 4.69) is 14.8 Å². The topological polar surface area (TPSA) is 52.1 Å². The molecule has 0 unspecified atom stereocenters. The molecule has 0 aliphatic heterocycles. The van der Waals surface area contributed by atoms with Gasteiger partial charge in [-0.25, -0.2) is 16.5 Å². The van der Waals surface area contributed by atoms with Crippen LogP contribution in [-0.4, -0.2) is 27.4 Å². The first-order chi connectivity index (χ1) is 12.3. The zero-order valence-corrected chi connectivity index (χ0v) is 13.7. The quantitative estimate of drug-likeness (QED) is 0.525. The number of carbonyl (C=O) groups excluding carboxylic acids is 1. The van der Waals surface area contributed by atoms with E-state index in [1.165, 1.54) is 24.7 Å². The molecule has 1 aromatic carbocycles. The van der Waals surface area contributed by atoms with Crippen molar-refractivity contribution >= 4 is 17.2 Å². The number of benzene rings is 1. The van der Waals surface area contributed by atoms with Gasteiger partial charge in [-0.1, -0.05) is 0 Å². The van der Waals surface area contributed by atoms with E-state index in [0.717, 1.165) is 6.07 Å². The molecule has 0 atom stereocenters. The average Bonchev–Trinajstić information content (AvgIpc) is 3.03. The zero-order valence-electron chi connectivity index (χ0n) is 13.7. The largest absolute Gasteiger partial charge is 0.416 e. The van der Waals surface area contributed by atoms with Crippen LogP contribution in [-0.2, 0) is 19.6 Å². The number of imidazole rings is 1. The van der Waals surface area contributed by atoms with Gasteiger partial charge in [0.15, 0.2) is 6.29 Å². The summed E-state index contributed by atoms with van der Waals surface area (Å²) < 4.78 is 42.0. The minimum atomic E-state index is -4.57. The van der Waals surface area contributed by atoms with Crippen molar-refractivity contribution in [2.45, 2.75) is 12.6 Å². The third-order valence-corrected chi connectivity index (χ3v) is 4.07. The van der Waals surface area contributed by atoms with Crippen molar-refractivity contribution in [3.05, 3.63) is 58.8 Å². The Balaban J connectivity index is 2.29. The molecule has 0 amide bonds. The van der Waals surface area contributed by atoms with Crippen molar-refractivity contribution in [2.24, 2.45) is 7.05 Å². The number of aromatic nitrogens is 3. The first-order valence-corrected chi connectivity index (χ1v) is 7.65. The number of pyridine rings is 1. The van der Waals surface area contributed by atoms with E-state index in [1.54, 1.807) is 11.6 Å². The van der Waals surface area contributed by atoms with Crippen molar-refractivity contribution in [1.82, 2.24) is 14.5 Å². The maximum atomic E-state index is 13.4. The van der Waals surface area contributed by atoms with Crippen LogP contribution in [0.25, 0.3) is 27.1 Å². The van der Waals surface area contributed by atoms with Crippen LogP contribution in [0.3, 0.4) is 0 Å². The predicted molar refractivity (Wildman–Crippen MR) is 89.5 cm³/mol. The van der Waals surface area contributed by atoms with Crippen LogP contribution in [0.4, 0.5) is 13.2 Å². The Kier molecular flexibility index (Phi) is 4.47. The van der Waals surface area contributed by atoms with Gasteiger partial charge in [-0.15, -0.1) is 0 Å². The van der Waals surface area contributed by atoms with Crippen LogP contribution in [0.1, 0.15) is 21.5 Å². The van der Waals surface area contributed by atoms with Crippen LogP contribution in [0.5, 0.6) is 0 Å². The standard InChI is InChI=1S/C18H13F3N4O/c1-22-4-3-11-5-13-12(9-26)6-16(17-8-23-10-25(17)2)24-15(13)7-14(11)18(19,20)21/h5-10H,3-4H2,2H3. The molecule has 0 aliphatic carbocycles. The summed E-state index contributed by atoms with van der Waals surface area (Å²) in [5.74, 6) is 0. The smallest absolute Gasteiger partial charge is 0.332 e. The Morgan fingerprint density at radius 1 is 1.31 bits per heavy atom. The molecule has 0 aliphatic rings. The van der Waals surface area contributed by atoms with E-state index >= 15 is 0 Å². The third-order valence-electron chi connectivity index (χ3n) is 4.07. The fraction of sp³-hybridized carbons (Fsp3) is 0.222. The first kappa shape index (κ1) is 17.6. The number of hydrogen-bond acceptors (Lipinski definition) is 3. The van der Waals surface area contributed by atoms with Gasteiger partial charge >= 0.3 is 6.18 Å². The molecule has 3 rings (SSSR count). The van der Waals surface area contributed by atoms with Crippen molar-refractivity contribution in [3.63, 3.8) is 0 Å². The summed E-state index contributed by atoms with van der Waals surface area (Å²) in [5, 5.41) is 0.332. The summed E-state index contributed by atoms with van der Waals surface area (Å²) in [5.41, 5.74) is 0.412. The van der Waals surface area contributed by atoms with Gasteiger partial charge in [0.2, 0.25) is 6.54 Å². The molecule has 2 heterocycles. The second-order valence-corrected chi connectivity index (χ2v) is 5.76. The fourth-order valence-corrected chi connectivity index (χ4v) is 2.82. The molecule has 0 fully saturated rings. The lowest BCUT2D eigenvalue weighted by atomic mass is 9.98. The lowest BCUT2D eigenvalue weighted by molar-refractivity contribution is -0.138. The summed E-state index contributed by atoms with van der Waals surface area (Å²) in [4.78, 5) is 22.9. The molecule has 0 saturated heterocycles. The third kappa shape index (κ3) is 3.16. The number of nitrogens with zero attached hydrogens (tertiary/aromatic N) is 4. The lowest BCUT2D eigenvalue weighted by Gasteiger charge is -2.14. The van der Waals surface area contributed by atoms with E-state index in [1.807, 2.05) is 0 Å². The van der Waals surface area contributed by atoms with E-state index < -0.39 is 11.7 Å². The number of aryl methyl sites for hydroxylation is 1. The lowest BCUT2D eigenvalue weighted by Crippen LogP contribution is -2.11. The van der Waals surface area contributed by atoms with Crippen LogP contribution in [0, 0.1) is 6.57 Å². The predicted octanol–water partition coefficient (Wildman–Crippen LogP) is 3.93. The van der Waals surface area contributed by atoms with Gasteiger partial charge in [-0.3, -0.25) is 4.79 Å². The second kappa shape index (κ2) is 6.59. The van der Waals surface area contributed by atoms with Gasteiger partial charge in [0.1, 0.15) is 0 Å². The summed E-state index contributed by atoms with van der Waals surface area (Å²) in [6.07, 6.45) is -0.961. The Hall–Kier alpha value is -3.21.